The molecule has 0 spiro atoms. The summed E-state index contributed by atoms with van der Waals surface area (Å²) in [5.41, 5.74) is 0.531. The fourth-order valence-corrected chi connectivity index (χ4v) is 5.27. The third-order valence-corrected chi connectivity index (χ3v) is 7.36. The van der Waals surface area contributed by atoms with Crippen molar-refractivity contribution >= 4 is 45.9 Å². The smallest absolute Gasteiger partial charge is 0.348 e. The second-order valence-electron chi connectivity index (χ2n) is 7.80. The molecule has 0 unspecified atom stereocenters. The summed E-state index contributed by atoms with van der Waals surface area (Å²) in [5.74, 6) is 0.307. The van der Waals surface area contributed by atoms with Gasteiger partial charge in [-0.15, -0.1) is 28.1 Å². The average Bonchev–Trinajstić information content (AvgIpc) is 3.46. The molecule has 11 nitrogen and oxygen atoms in total. The molecule has 3 rings (SSSR count). The van der Waals surface area contributed by atoms with E-state index in [1.54, 1.807) is 62.8 Å². The molecule has 208 valence electrons. The number of thioether (sulfide) groups is 1. The Bertz CT molecular complexity index is 1320. The van der Waals surface area contributed by atoms with Crippen LogP contribution in [0.4, 0.5) is 5.00 Å². The first-order valence-electron chi connectivity index (χ1n) is 12.0. The highest BCUT2D eigenvalue weighted by Crippen LogP contribution is 2.34. The number of carbonyl (C=O) groups is 3. The average molecular weight is 575 g/mol. The molecule has 13 heteroatoms. The van der Waals surface area contributed by atoms with Gasteiger partial charge in [-0.2, -0.15) is 0 Å². The van der Waals surface area contributed by atoms with Crippen LogP contribution in [-0.2, 0) is 27.4 Å². The van der Waals surface area contributed by atoms with Crippen molar-refractivity contribution < 1.29 is 33.3 Å². The maximum atomic E-state index is 12.9. The number of carbonyl (C=O) groups excluding carboxylic acids is 3. The number of hydrogen-bond donors (Lipinski definition) is 1. The number of allylic oxidation sites excluding steroid dienone is 1. The predicted octanol–water partition coefficient (Wildman–Crippen LogP) is 4.51. The first-order chi connectivity index (χ1) is 18.8. The summed E-state index contributed by atoms with van der Waals surface area (Å²) in [4.78, 5) is 38.0. The van der Waals surface area contributed by atoms with Crippen LogP contribution < -0.4 is 14.8 Å². The topological polar surface area (TPSA) is 131 Å². The molecule has 0 aliphatic carbocycles. The summed E-state index contributed by atoms with van der Waals surface area (Å²) in [5, 5.41) is 11.9. The minimum absolute atomic E-state index is 0.0252. The standard InChI is InChI=1S/C26H30N4O7S2/c1-6-13-30-19(14-37-18-11-9-17(34-5)10-12-18)28-29-26(30)38-15-20(31)27-23-21(24(32)35-7-2)16(4)22(39-23)25(33)36-8-3/h6,9-12H,1,7-8,13-15H2,2-5H3,(H,27,31). The van der Waals surface area contributed by atoms with Gasteiger partial charge in [-0.3, -0.25) is 9.36 Å². The van der Waals surface area contributed by atoms with Crippen molar-refractivity contribution in [2.75, 3.05) is 31.4 Å². The molecule has 1 N–H and O–H groups in total. The number of rotatable bonds is 14. The second-order valence-corrected chi connectivity index (χ2v) is 9.76. The van der Waals surface area contributed by atoms with Crippen molar-refractivity contribution in [3.8, 4) is 11.5 Å². The van der Waals surface area contributed by atoms with Crippen molar-refractivity contribution in [2.45, 2.75) is 39.1 Å². The highest BCUT2D eigenvalue weighted by Gasteiger charge is 2.27. The van der Waals surface area contributed by atoms with Crippen molar-refractivity contribution in [1.82, 2.24) is 14.8 Å². The van der Waals surface area contributed by atoms with Gasteiger partial charge in [0, 0.05) is 6.54 Å². The number of nitrogens with zero attached hydrogens (tertiary/aromatic N) is 3. The summed E-state index contributed by atoms with van der Waals surface area (Å²) in [7, 11) is 1.59. The Morgan fingerprint density at radius 3 is 2.38 bits per heavy atom. The number of nitrogens with one attached hydrogen (secondary N) is 1. The molecule has 0 saturated heterocycles. The fourth-order valence-electron chi connectivity index (χ4n) is 3.40. The van der Waals surface area contributed by atoms with Crippen LogP contribution in [0.5, 0.6) is 11.5 Å². The number of esters is 2. The Morgan fingerprint density at radius 1 is 1.08 bits per heavy atom. The van der Waals surface area contributed by atoms with E-state index >= 15 is 0 Å². The van der Waals surface area contributed by atoms with Gasteiger partial charge in [-0.25, -0.2) is 9.59 Å². The van der Waals surface area contributed by atoms with Crippen LogP contribution in [0, 0.1) is 6.92 Å². The lowest BCUT2D eigenvalue weighted by atomic mass is 10.1. The SMILES string of the molecule is C=CCn1c(COc2ccc(OC)cc2)nnc1SCC(=O)Nc1sc(C(=O)OCC)c(C)c1C(=O)OCC. The van der Waals surface area contributed by atoms with Crippen LogP contribution in [0.2, 0.25) is 0 Å². The zero-order valence-corrected chi connectivity index (χ0v) is 23.8. The van der Waals surface area contributed by atoms with Gasteiger partial charge in [0.15, 0.2) is 11.0 Å². The van der Waals surface area contributed by atoms with Gasteiger partial charge in [-0.1, -0.05) is 17.8 Å². The monoisotopic (exact) mass is 574 g/mol. The van der Waals surface area contributed by atoms with E-state index in [1.807, 2.05) is 0 Å². The number of methoxy groups -OCH3 is 1. The Hall–Kier alpha value is -3.84. The Balaban J connectivity index is 1.70. The molecule has 0 fully saturated rings. The molecule has 0 saturated carbocycles. The lowest BCUT2D eigenvalue weighted by Crippen LogP contribution is -2.17. The maximum absolute atomic E-state index is 12.9. The number of benzene rings is 1. The van der Waals surface area contributed by atoms with Gasteiger partial charge in [0.25, 0.3) is 0 Å². The largest absolute Gasteiger partial charge is 0.497 e. The minimum atomic E-state index is -0.628. The molecule has 39 heavy (non-hydrogen) atoms. The summed E-state index contributed by atoms with van der Waals surface area (Å²) in [6.45, 7) is 9.68. The predicted molar refractivity (Wildman–Crippen MR) is 148 cm³/mol. The summed E-state index contributed by atoms with van der Waals surface area (Å²) < 4.78 is 23.0. The summed E-state index contributed by atoms with van der Waals surface area (Å²) in [6.07, 6.45) is 1.70. The van der Waals surface area contributed by atoms with Gasteiger partial charge < -0.3 is 24.3 Å². The van der Waals surface area contributed by atoms with Gasteiger partial charge in [0.2, 0.25) is 5.91 Å². The van der Waals surface area contributed by atoms with E-state index < -0.39 is 17.8 Å². The molecule has 3 aromatic rings. The molecule has 2 heterocycles. The molecule has 2 aromatic heterocycles. The second kappa shape index (κ2) is 14.4. The van der Waals surface area contributed by atoms with Gasteiger partial charge in [-0.05, 0) is 50.6 Å². The molecular weight excluding hydrogens is 544 g/mol. The van der Waals surface area contributed by atoms with Crippen molar-refractivity contribution in [1.29, 1.82) is 0 Å². The Labute approximate surface area is 234 Å². The third kappa shape index (κ3) is 7.60. The quantitative estimate of drug-likeness (QED) is 0.167. The van der Waals surface area contributed by atoms with E-state index in [0.29, 0.717) is 28.8 Å². The van der Waals surface area contributed by atoms with Gasteiger partial charge in [0.1, 0.15) is 28.0 Å². The van der Waals surface area contributed by atoms with Crippen LogP contribution in [0.15, 0.2) is 42.1 Å². The number of ether oxygens (including phenoxy) is 4. The molecular formula is C26H30N4O7S2. The molecule has 1 aromatic carbocycles. The number of hydrogen-bond acceptors (Lipinski definition) is 11. The molecule has 0 aliphatic heterocycles. The first-order valence-corrected chi connectivity index (χ1v) is 13.8. The number of aromatic nitrogens is 3. The normalized spacial score (nSPS) is 10.6. The molecule has 1 amide bonds. The number of thiophene rings is 1. The molecule has 0 radical (unpaired) electrons. The lowest BCUT2D eigenvalue weighted by molar-refractivity contribution is -0.113. The maximum Gasteiger partial charge on any atom is 0.348 e. The number of amides is 1. The van der Waals surface area contributed by atoms with E-state index in [-0.39, 0.29) is 41.0 Å². The molecule has 0 bridgehead atoms. The van der Waals surface area contributed by atoms with Gasteiger partial charge in [0.05, 0.1) is 31.6 Å². The summed E-state index contributed by atoms with van der Waals surface area (Å²) in [6, 6.07) is 7.16. The number of anilines is 1. The van der Waals surface area contributed by atoms with E-state index in [1.165, 1.54) is 11.8 Å². The fraction of sp³-hybridized carbons (Fsp3) is 0.346. The van der Waals surface area contributed by atoms with Gasteiger partial charge >= 0.3 is 11.9 Å². The molecule has 0 atom stereocenters. The Kier molecular flexibility index (Phi) is 10.9. The van der Waals surface area contributed by atoms with Crippen LogP contribution >= 0.6 is 23.1 Å². The van der Waals surface area contributed by atoms with Crippen molar-refractivity contribution in [3.63, 3.8) is 0 Å². The minimum Gasteiger partial charge on any atom is -0.497 e. The van der Waals surface area contributed by atoms with E-state index in [9.17, 15) is 14.4 Å². The van der Waals surface area contributed by atoms with E-state index in [4.69, 9.17) is 18.9 Å². The van der Waals surface area contributed by atoms with E-state index in [0.717, 1.165) is 17.1 Å². The first kappa shape index (κ1) is 29.7. The van der Waals surface area contributed by atoms with Crippen LogP contribution in [0.25, 0.3) is 0 Å². The van der Waals surface area contributed by atoms with Crippen molar-refractivity contribution in [2.24, 2.45) is 0 Å². The van der Waals surface area contributed by atoms with Crippen LogP contribution in [0.3, 0.4) is 0 Å². The highest BCUT2D eigenvalue weighted by atomic mass is 32.2. The zero-order chi connectivity index (χ0) is 28.4. The van der Waals surface area contributed by atoms with Crippen molar-refractivity contribution in [3.05, 3.63) is 58.7 Å². The molecule has 0 aliphatic rings. The lowest BCUT2D eigenvalue weighted by Gasteiger charge is -2.10. The highest BCUT2D eigenvalue weighted by molar-refractivity contribution is 7.99. The van der Waals surface area contributed by atoms with Crippen LogP contribution in [-0.4, -0.2) is 58.7 Å². The van der Waals surface area contributed by atoms with E-state index in [2.05, 4.69) is 22.1 Å². The Morgan fingerprint density at radius 2 is 1.74 bits per heavy atom. The third-order valence-electron chi connectivity index (χ3n) is 5.20. The van der Waals surface area contributed by atoms with Crippen LogP contribution in [0.1, 0.15) is 45.3 Å². The zero-order valence-electron chi connectivity index (χ0n) is 22.1. The summed E-state index contributed by atoms with van der Waals surface area (Å²) >= 11 is 2.14.